The summed E-state index contributed by atoms with van der Waals surface area (Å²) < 4.78 is 5.21. The second kappa shape index (κ2) is 5.86. The van der Waals surface area contributed by atoms with Crippen LogP contribution in [0.25, 0.3) is 0 Å². The number of nitro groups is 1. The minimum atomic E-state index is -0.370. The van der Waals surface area contributed by atoms with Crippen LogP contribution in [0.1, 0.15) is 16.9 Å². The molecule has 2 aromatic rings. The van der Waals surface area contributed by atoms with Gasteiger partial charge in [0.25, 0.3) is 5.69 Å². The quantitative estimate of drug-likeness (QED) is 0.673. The first kappa shape index (κ1) is 13.6. The van der Waals surface area contributed by atoms with Crippen LogP contribution in [-0.2, 0) is 13.1 Å². The third-order valence-electron chi connectivity index (χ3n) is 2.86. The normalized spacial score (nSPS) is 10.6. The Labute approximate surface area is 115 Å². The van der Waals surface area contributed by atoms with Crippen molar-refractivity contribution in [1.29, 1.82) is 0 Å². The largest absolute Gasteiger partial charge is 0.448 e. The Hall–Kier alpha value is -1.85. The highest BCUT2D eigenvalue weighted by Crippen LogP contribution is 2.21. The molecule has 0 radical (unpaired) electrons. The number of hydrogen-bond donors (Lipinski definition) is 1. The van der Waals surface area contributed by atoms with E-state index in [0.717, 1.165) is 11.3 Å². The fraction of sp³-hybridized carbons (Fsp3) is 0.231. The van der Waals surface area contributed by atoms with Crippen LogP contribution in [0, 0.1) is 17.0 Å². The molecule has 1 N–H and O–H groups in total. The van der Waals surface area contributed by atoms with E-state index >= 15 is 0 Å². The lowest BCUT2D eigenvalue weighted by Crippen LogP contribution is -2.13. The van der Waals surface area contributed by atoms with Gasteiger partial charge in [-0.1, -0.05) is 12.1 Å². The van der Waals surface area contributed by atoms with E-state index in [1.165, 1.54) is 6.07 Å². The Bertz CT molecular complexity index is 595. The van der Waals surface area contributed by atoms with E-state index in [9.17, 15) is 10.1 Å². The number of nitro benzene ring substituents is 1. The Morgan fingerprint density at radius 2 is 2.11 bits per heavy atom. The Balaban J connectivity index is 2.00. The maximum atomic E-state index is 10.8. The van der Waals surface area contributed by atoms with E-state index in [1.807, 2.05) is 6.07 Å². The summed E-state index contributed by atoms with van der Waals surface area (Å²) in [6.07, 6.45) is 0. The second-order valence-electron chi connectivity index (χ2n) is 4.13. The Morgan fingerprint density at radius 3 is 2.74 bits per heavy atom. The molecule has 19 heavy (non-hydrogen) atoms. The molecule has 6 heteroatoms. The molecule has 1 aromatic carbocycles. The molecular formula is C13H13ClN2O3. The lowest BCUT2D eigenvalue weighted by molar-refractivity contribution is -0.385. The monoisotopic (exact) mass is 280 g/mol. The minimum Gasteiger partial charge on any atom is -0.448 e. The number of halogens is 1. The molecule has 0 saturated heterocycles. The molecule has 0 aliphatic carbocycles. The summed E-state index contributed by atoms with van der Waals surface area (Å²) >= 11 is 5.67. The van der Waals surface area contributed by atoms with Crippen LogP contribution in [0.15, 0.2) is 34.7 Å². The van der Waals surface area contributed by atoms with Gasteiger partial charge in [-0.3, -0.25) is 10.1 Å². The molecule has 0 amide bonds. The first-order valence-electron chi connectivity index (χ1n) is 5.75. The predicted octanol–water partition coefficient (Wildman–Crippen LogP) is 3.44. The maximum Gasteiger partial charge on any atom is 0.272 e. The zero-order valence-corrected chi connectivity index (χ0v) is 11.1. The molecule has 100 valence electrons. The van der Waals surface area contributed by atoms with Crippen molar-refractivity contribution >= 4 is 17.3 Å². The number of benzene rings is 1. The summed E-state index contributed by atoms with van der Waals surface area (Å²) in [6.45, 7) is 2.81. The molecule has 2 rings (SSSR count). The molecule has 0 bridgehead atoms. The molecule has 0 unspecified atom stereocenters. The highest BCUT2D eigenvalue weighted by Gasteiger charge is 2.12. The van der Waals surface area contributed by atoms with Crippen molar-refractivity contribution in [3.05, 3.63) is 62.6 Å². The Morgan fingerprint density at radius 1 is 1.32 bits per heavy atom. The molecule has 1 aromatic heterocycles. The van der Waals surface area contributed by atoms with E-state index in [2.05, 4.69) is 5.32 Å². The number of hydrogen-bond acceptors (Lipinski definition) is 4. The first-order valence-corrected chi connectivity index (χ1v) is 6.13. The van der Waals surface area contributed by atoms with E-state index in [-0.39, 0.29) is 10.6 Å². The molecule has 5 nitrogen and oxygen atoms in total. The number of nitrogens with zero attached hydrogens (tertiary/aromatic N) is 1. The van der Waals surface area contributed by atoms with Crippen molar-refractivity contribution < 1.29 is 9.34 Å². The predicted molar refractivity (Wildman–Crippen MR) is 72.1 cm³/mol. The van der Waals surface area contributed by atoms with Crippen LogP contribution >= 0.6 is 11.6 Å². The SMILES string of the molecule is Cc1c(CNCc2ccc(Cl)o2)cccc1[N+](=O)[O-]. The summed E-state index contributed by atoms with van der Waals surface area (Å²) in [5, 5.41) is 14.3. The maximum absolute atomic E-state index is 10.8. The van der Waals surface area contributed by atoms with Crippen LogP contribution in [0.2, 0.25) is 5.22 Å². The van der Waals surface area contributed by atoms with Crippen molar-refractivity contribution in [2.75, 3.05) is 0 Å². The van der Waals surface area contributed by atoms with Crippen molar-refractivity contribution in [2.24, 2.45) is 0 Å². The lowest BCUT2D eigenvalue weighted by Gasteiger charge is -2.07. The zero-order valence-electron chi connectivity index (χ0n) is 10.4. The van der Waals surface area contributed by atoms with E-state index in [4.69, 9.17) is 16.0 Å². The standard InChI is InChI=1S/C13H13ClN2O3/c1-9-10(3-2-4-12(9)16(17)18)7-15-8-11-5-6-13(14)19-11/h2-6,15H,7-8H2,1H3. The summed E-state index contributed by atoms with van der Waals surface area (Å²) in [4.78, 5) is 10.5. The summed E-state index contributed by atoms with van der Waals surface area (Å²) in [6, 6.07) is 8.52. The van der Waals surface area contributed by atoms with Crippen LogP contribution < -0.4 is 5.32 Å². The molecule has 0 saturated carbocycles. The van der Waals surface area contributed by atoms with Crippen LogP contribution in [-0.4, -0.2) is 4.92 Å². The second-order valence-corrected chi connectivity index (χ2v) is 4.50. The third kappa shape index (κ3) is 3.33. The van der Waals surface area contributed by atoms with Gasteiger partial charge in [-0.2, -0.15) is 0 Å². The van der Waals surface area contributed by atoms with Crippen LogP contribution in [0.3, 0.4) is 0 Å². The molecule has 0 fully saturated rings. The van der Waals surface area contributed by atoms with Crippen molar-refractivity contribution in [3.63, 3.8) is 0 Å². The summed E-state index contributed by atoms with van der Waals surface area (Å²) in [5.41, 5.74) is 1.71. The van der Waals surface area contributed by atoms with E-state index in [1.54, 1.807) is 25.1 Å². The first-order chi connectivity index (χ1) is 9.08. The number of nitrogens with one attached hydrogen (secondary N) is 1. The summed E-state index contributed by atoms with van der Waals surface area (Å²) in [7, 11) is 0. The fourth-order valence-corrected chi connectivity index (χ4v) is 1.99. The van der Waals surface area contributed by atoms with Gasteiger partial charge in [-0.25, -0.2) is 0 Å². The zero-order chi connectivity index (χ0) is 13.8. The van der Waals surface area contributed by atoms with E-state index in [0.29, 0.717) is 23.9 Å². The number of rotatable bonds is 5. The molecule has 0 spiro atoms. The summed E-state index contributed by atoms with van der Waals surface area (Å²) in [5.74, 6) is 0.730. The van der Waals surface area contributed by atoms with Crippen molar-refractivity contribution in [2.45, 2.75) is 20.0 Å². The molecule has 0 atom stereocenters. The van der Waals surface area contributed by atoms with Gasteiger partial charge in [0.15, 0.2) is 5.22 Å². The van der Waals surface area contributed by atoms with E-state index < -0.39 is 0 Å². The molecule has 0 aliphatic rings. The van der Waals surface area contributed by atoms with Gasteiger partial charge in [0.1, 0.15) is 5.76 Å². The molecular weight excluding hydrogens is 268 g/mol. The van der Waals surface area contributed by atoms with Crippen LogP contribution in [0.5, 0.6) is 0 Å². The lowest BCUT2D eigenvalue weighted by atomic mass is 10.1. The highest BCUT2D eigenvalue weighted by atomic mass is 35.5. The third-order valence-corrected chi connectivity index (χ3v) is 3.06. The van der Waals surface area contributed by atoms with Crippen LogP contribution in [0.4, 0.5) is 5.69 Å². The molecule has 1 heterocycles. The van der Waals surface area contributed by atoms with Gasteiger partial charge in [0, 0.05) is 18.2 Å². The van der Waals surface area contributed by atoms with Crippen molar-refractivity contribution in [1.82, 2.24) is 5.32 Å². The van der Waals surface area contributed by atoms with Gasteiger partial charge in [-0.15, -0.1) is 0 Å². The highest BCUT2D eigenvalue weighted by molar-refractivity contribution is 6.28. The Kier molecular flexibility index (Phi) is 4.19. The minimum absolute atomic E-state index is 0.139. The van der Waals surface area contributed by atoms with Gasteiger partial charge in [0.2, 0.25) is 0 Å². The van der Waals surface area contributed by atoms with Gasteiger partial charge in [-0.05, 0) is 36.2 Å². The topological polar surface area (TPSA) is 68.3 Å². The van der Waals surface area contributed by atoms with Crippen molar-refractivity contribution in [3.8, 4) is 0 Å². The van der Waals surface area contributed by atoms with Gasteiger partial charge < -0.3 is 9.73 Å². The average molecular weight is 281 g/mol. The smallest absolute Gasteiger partial charge is 0.272 e. The number of furan rings is 1. The van der Waals surface area contributed by atoms with Gasteiger partial charge in [0.05, 0.1) is 11.5 Å². The van der Waals surface area contributed by atoms with Gasteiger partial charge >= 0.3 is 0 Å². The molecule has 0 aliphatic heterocycles. The average Bonchev–Trinajstić information content (AvgIpc) is 2.77. The fourth-order valence-electron chi connectivity index (χ4n) is 1.83.